The topological polar surface area (TPSA) is 106 Å². The van der Waals surface area contributed by atoms with Crippen LogP contribution in [0.2, 0.25) is 0 Å². The molecule has 1 N–H and O–H groups in total. The number of hydrogen-bond donors (Lipinski definition) is 1. The minimum Gasteiger partial charge on any atom is -0.444 e. The summed E-state index contributed by atoms with van der Waals surface area (Å²) in [5.41, 5.74) is 1.68. The molecule has 1 aromatic heterocycles. The third-order valence-corrected chi connectivity index (χ3v) is 6.11. The zero-order chi connectivity index (χ0) is 23.9. The van der Waals surface area contributed by atoms with Crippen LogP contribution in [0.1, 0.15) is 45.2 Å². The normalized spacial score (nSPS) is 20.2. The van der Waals surface area contributed by atoms with E-state index in [2.05, 4.69) is 10.2 Å². The summed E-state index contributed by atoms with van der Waals surface area (Å²) in [6, 6.07) is 5.11. The predicted octanol–water partition coefficient (Wildman–Crippen LogP) is 1.37. The second kappa shape index (κ2) is 8.66. The zero-order valence-electron chi connectivity index (χ0n) is 19.6. The molecule has 10 heteroatoms. The SMILES string of the molecule is Cn1c(=O)n(C2CCC(=O)NC2=O)c2ccc(CN3CCN(C(=O)OC(C)(C)C)CC3)cc21. The smallest absolute Gasteiger partial charge is 0.410 e. The minimum absolute atomic E-state index is 0.215. The van der Waals surface area contributed by atoms with Crippen LogP contribution in [-0.4, -0.2) is 68.6 Å². The summed E-state index contributed by atoms with van der Waals surface area (Å²) in [5.74, 6) is -0.744. The fraction of sp³-hybridized carbons (Fsp3) is 0.565. The van der Waals surface area contributed by atoms with Gasteiger partial charge >= 0.3 is 11.8 Å². The first-order valence-corrected chi connectivity index (χ1v) is 11.3. The Balaban J connectivity index is 1.47. The summed E-state index contributed by atoms with van der Waals surface area (Å²) < 4.78 is 8.49. The molecule has 3 heterocycles. The largest absolute Gasteiger partial charge is 0.444 e. The van der Waals surface area contributed by atoms with E-state index >= 15 is 0 Å². The quantitative estimate of drug-likeness (QED) is 0.698. The summed E-state index contributed by atoms with van der Waals surface area (Å²) in [7, 11) is 1.69. The van der Waals surface area contributed by atoms with Crippen molar-refractivity contribution in [1.82, 2.24) is 24.3 Å². The van der Waals surface area contributed by atoms with Crippen LogP contribution in [0.5, 0.6) is 0 Å². The molecule has 2 aromatic rings. The van der Waals surface area contributed by atoms with Gasteiger partial charge in [0, 0.05) is 46.2 Å². The first-order valence-electron chi connectivity index (χ1n) is 11.3. The molecule has 2 fully saturated rings. The van der Waals surface area contributed by atoms with Crippen molar-refractivity contribution in [3.8, 4) is 0 Å². The molecule has 10 nitrogen and oxygen atoms in total. The number of imide groups is 1. The van der Waals surface area contributed by atoms with E-state index in [1.165, 1.54) is 4.57 Å². The van der Waals surface area contributed by atoms with Crippen molar-refractivity contribution in [2.24, 2.45) is 7.05 Å². The molecule has 3 amide bonds. The van der Waals surface area contributed by atoms with E-state index in [1.54, 1.807) is 16.5 Å². The number of nitrogens with zero attached hydrogens (tertiary/aromatic N) is 4. The molecule has 0 bridgehead atoms. The Morgan fingerprint density at radius 2 is 1.79 bits per heavy atom. The molecule has 0 aliphatic carbocycles. The molecule has 0 radical (unpaired) electrons. The number of piperazine rings is 1. The summed E-state index contributed by atoms with van der Waals surface area (Å²) in [6.45, 7) is 8.92. The van der Waals surface area contributed by atoms with E-state index in [0.29, 0.717) is 31.6 Å². The summed E-state index contributed by atoms with van der Waals surface area (Å²) in [5, 5.41) is 2.33. The lowest BCUT2D eigenvalue weighted by molar-refractivity contribution is -0.135. The van der Waals surface area contributed by atoms with E-state index < -0.39 is 17.6 Å². The van der Waals surface area contributed by atoms with Gasteiger partial charge in [0.25, 0.3) is 0 Å². The van der Waals surface area contributed by atoms with E-state index in [0.717, 1.165) is 24.2 Å². The number of rotatable bonds is 3. The number of carbonyl (C=O) groups is 3. The number of nitrogens with one attached hydrogen (secondary N) is 1. The van der Waals surface area contributed by atoms with Crippen molar-refractivity contribution in [3.05, 3.63) is 34.2 Å². The number of fused-ring (bicyclic) bond motifs is 1. The summed E-state index contributed by atoms with van der Waals surface area (Å²) >= 11 is 0. The number of amides is 3. The summed E-state index contributed by atoms with van der Waals surface area (Å²) in [4.78, 5) is 53.0. The van der Waals surface area contributed by atoms with E-state index in [-0.39, 0.29) is 24.1 Å². The van der Waals surface area contributed by atoms with Crippen LogP contribution < -0.4 is 11.0 Å². The number of carbonyl (C=O) groups excluding carboxylic acids is 3. The Morgan fingerprint density at radius 3 is 2.42 bits per heavy atom. The number of piperidine rings is 1. The fourth-order valence-electron chi connectivity index (χ4n) is 4.41. The van der Waals surface area contributed by atoms with Gasteiger partial charge in [-0.15, -0.1) is 0 Å². The van der Waals surface area contributed by atoms with Gasteiger partial charge in [0.1, 0.15) is 11.6 Å². The van der Waals surface area contributed by atoms with Crippen LogP contribution in [0.3, 0.4) is 0 Å². The molecule has 1 unspecified atom stereocenters. The van der Waals surface area contributed by atoms with Crippen molar-refractivity contribution in [2.45, 2.75) is 51.8 Å². The van der Waals surface area contributed by atoms with Crippen LogP contribution in [-0.2, 0) is 27.9 Å². The highest BCUT2D eigenvalue weighted by molar-refractivity contribution is 6.00. The Labute approximate surface area is 192 Å². The highest BCUT2D eigenvalue weighted by atomic mass is 16.6. The predicted molar refractivity (Wildman–Crippen MR) is 122 cm³/mol. The Kier molecular flexibility index (Phi) is 6.04. The van der Waals surface area contributed by atoms with Crippen LogP contribution in [0, 0.1) is 0 Å². The maximum absolute atomic E-state index is 12.9. The fourth-order valence-corrected chi connectivity index (χ4v) is 4.41. The van der Waals surface area contributed by atoms with Crippen molar-refractivity contribution in [2.75, 3.05) is 26.2 Å². The third-order valence-electron chi connectivity index (χ3n) is 6.11. The Bertz CT molecular complexity index is 1150. The molecule has 0 saturated carbocycles. The standard InChI is InChI=1S/C23H31N5O5/c1-23(2,3)33-22(32)27-11-9-26(10-12-27)14-15-5-6-16-18(13-15)25(4)21(31)28(16)17-7-8-19(29)24-20(17)30/h5-6,13,17H,7-12,14H2,1-4H3,(H,24,29,30). The number of aromatic nitrogens is 2. The van der Waals surface area contributed by atoms with E-state index in [9.17, 15) is 19.2 Å². The molecule has 4 rings (SSSR count). The van der Waals surface area contributed by atoms with Crippen LogP contribution in [0.4, 0.5) is 4.79 Å². The van der Waals surface area contributed by atoms with Gasteiger partial charge in [0.2, 0.25) is 11.8 Å². The first kappa shape index (κ1) is 23.0. The van der Waals surface area contributed by atoms with Crippen molar-refractivity contribution in [3.63, 3.8) is 0 Å². The van der Waals surface area contributed by atoms with Gasteiger partial charge in [-0.25, -0.2) is 9.59 Å². The lowest BCUT2D eigenvalue weighted by Gasteiger charge is -2.35. The number of benzene rings is 1. The van der Waals surface area contributed by atoms with Gasteiger partial charge in [0.05, 0.1) is 11.0 Å². The van der Waals surface area contributed by atoms with Gasteiger partial charge in [-0.1, -0.05) is 6.07 Å². The van der Waals surface area contributed by atoms with Crippen LogP contribution in [0.15, 0.2) is 23.0 Å². The van der Waals surface area contributed by atoms with Gasteiger partial charge in [0.15, 0.2) is 0 Å². The second-order valence-electron chi connectivity index (χ2n) is 9.75. The molecule has 2 aliphatic heterocycles. The number of hydrogen-bond acceptors (Lipinski definition) is 6. The van der Waals surface area contributed by atoms with Crippen LogP contribution >= 0.6 is 0 Å². The molecule has 2 saturated heterocycles. The summed E-state index contributed by atoms with van der Waals surface area (Å²) in [6.07, 6.45) is 0.244. The number of ether oxygens (including phenoxy) is 1. The molecule has 2 aliphatic rings. The van der Waals surface area contributed by atoms with E-state index in [4.69, 9.17) is 4.74 Å². The second-order valence-corrected chi connectivity index (χ2v) is 9.75. The first-order chi connectivity index (χ1) is 15.5. The van der Waals surface area contributed by atoms with Gasteiger partial charge < -0.3 is 9.64 Å². The maximum atomic E-state index is 12.9. The molecular formula is C23H31N5O5. The molecule has 1 aromatic carbocycles. The molecular weight excluding hydrogens is 426 g/mol. The molecule has 178 valence electrons. The Hall–Kier alpha value is -3.14. The van der Waals surface area contributed by atoms with Gasteiger partial charge in [-0.05, 0) is 44.9 Å². The minimum atomic E-state index is -0.689. The highest BCUT2D eigenvalue weighted by Gasteiger charge is 2.31. The monoisotopic (exact) mass is 457 g/mol. The highest BCUT2D eigenvalue weighted by Crippen LogP contribution is 2.24. The third kappa shape index (κ3) is 4.80. The van der Waals surface area contributed by atoms with Gasteiger partial charge in [-0.2, -0.15) is 0 Å². The Morgan fingerprint density at radius 1 is 1.09 bits per heavy atom. The number of aryl methyl sites for hydroxylation is 1. The molecule has 33 heavy (non-hydrogen) atoms. The lowest BCUT2D eigenvalue weighted by atomic mass is 10.1. The van der Waals surface area contributed by atoms with Crippen LogP contribution in [0.25, 0.3) is 11.0 Å². The maximum Gasteiger partial charge on any atom is 0.410 e. The lowest BCUT2D eigenvalue weighted by Crippen LogP contribution is -2.49. The average Bonchev–Trinajstić information content (AvgIpc) is 2.98. The zero-order valence-corrected chi connectivity index (χ0v) is 19.6. The van der Waals surface area contributed by atoms with Crippen molar-refractivity contribution < 1.29 is 19.1 Å². The van der Waals surface area contributed by atoms with Gasteiger partial charge in [-0.3, -0.25) is 28.9 Å². The number of imidazole rings is 1. The molecule has 1 atom stereocenters. The van der Waals surface area contributed by atoms with Crippen molar-refractivity contribution >= 4 is 28.9 Å². The molecule has 0 spiro atoms. The van der Waals surface area contributed by atoms with E-state index in [1.807, 2.05) is 39.0 Å². The average molecular weight is 458 g/mol. The van der Waals surface area contributed by atoms with Crippen molar-refractivity contribution in [1.29, 1.82) is 0 Å².